The van der Waals surface area contributed by atoms with Crippen LogP contribution in [0.2, 0.25) is 0 Å². The lowest BCUT2D eigenvalue weighted by Crippen LogP contribution is -2.50. The van der Waals surface area contributed by atoms with Gasteiger partial charge in [0.2, 0.25) is 5.91 Å². The lowest BCUT2D eigenvalue weighted by Gasteiger charge is -2.35. The smallest absolute Gasteiger partial charge is 0.290 e. The number of aliphatic hydroxyl groups excluding tert-OH is 1. The molecular weight excluding hydrogens is 366 g/mol. The predicted molar refractivity (Wildman–Crippen MR) is 103 cm³/mol. The van der Waals surface area contributed by atoms with E-state index < -0.39 is 12.1 Å². The molecule has 10 heteroatoms. The van der Waals surface area contributed by atoms with Crippen molar-refractivity contribution < 1.29 is 24.6 Å². The number of carboxylic acid groups (broad SMARTS) is 1. The number of likely N-dealkylation sites (N-methyl/N-ethyl adjacent to an activating group) is 2. The molecule has 0 spiro atoms. The van der Waals surface area contributed by atoms with Gasteiger partial charge in [-0.05, 0) is 40.3 Å². The number of hydrogen-bond acceptors (Lipinski definition) is 6. The van der Waals surface area contributed by atoms with E-state index in [1.807, 2.05) is 25.9 Å². The van der Waals surface area contributed by atoms with Gasteiger partial charge in [0, 0.05) is 31.7 Å². The molecule has 1 saturated carbocycles. The molecule has 1 heterocycles. The number of hydrogen-bond donors (Lipinski definition) is 4. The standard InChI is InChI=1S/C17H29N5O3.CH2O2/c1-4-22(8-7-21(2)3)17(25)12-5-6-15(23)14(9-12)20-16(24)13-10-18-19-11-13;2-1-3/h10-12,14-15,23H,4-9H2,1-3H3,(H,18,19)(H,20,24);1H,(H,2,3)/t12-,14+,15+;/m0./s1. The summed E-state index contributed by atoms with van der Waals surface area (Å²) in [5.41, 5.74) is 0.418. The Morgan fingerprint density at radius 1 is 1.36 bits per heavy atom. The monoisotopic (exact) mass is 397 g/mol. The first-order valence-electron chi connectivity index (χ1n) is 9.33. The van der Waals surface area contributed by atoms with E-state index in [4.69, 9.17) is 9.90 Å². The van der Waals surface area contributed by atoms with Crippen molar-refractivity contribution in [2.45, 2.75) is 38.3 Å². The van der Waals surface area contributed by atoms with E-state index in [0.29, 0.717) is 37.9 Å². The summed E-state index contributed by atoms with van der Waals surface area (Å²) >= 11 is 0. The highest BCUT2D eigenvalue weighted by atomic mass is 16.3. The van der Waals surface area contributed by atoms with E-state index in [-0.39, 0.29) is 24.2 Å². The zero-order valence-corrected chi connectivity index (χ0v) is 16.7. The fraction of sp³-hybridized carbons (Fsp3) is 0.667. The molecule has 2 rings (SSSR count). The molecule has 0 aliphatic heterocycles. The summed E-state index contributed by atoms with van der Waals surface area (Å²) in [6.07, 6.45) is 3.94. The summed E-state index contributed by atoms with van der Waals surface area (Å²) in [6.45, 7) is 3.89. The van der Waals surface area contributed by atoms with Gasteiger partial charge in [0.25, 0.3) is 12.4 Å². The van der Waals surface area contributed by atoms with Gasteiger partial charge in [-0.2, -0.15) is 5.10 Å². The van der Waals surface area contributed by atoms with Gasteiger partial charge in [0.15, 0.2) is 0 Å². The van der Waals surface area contributed by atoms with Crippen LogP contribution in [0, 0.1) is 5.92 Å². The molecule has 0 saturated heterocycles. The fourth-order valence-electron chi connectivity index (χ4n) is 3.16. The maximum atomic E-state index is 12.8. The van der Waals surface area contributed by atoms with Gasteiger partial charge >= 0.3 is 0 Å². The second-order valence-corrected chi connectivity index (χ2v) is 6.97. The average Bonchev–Trinajstić information content (AvgIpc) is 3.19. The Hall–Kier alpha value is -2.46. The lowest BCUT2D eigenvalue weighted by molar-refractivity contribution is -0.137. The molecule has 1 aromatic heterocycles. The largest absolute Gasteiger partial charge is 0.483 e. The van der Waals surface area contributed by atoms with Crippen molar-refractivity contribution in [3.05, 3.63) is 18.0 Å². The number of carbonyl (C=O) groups excluding carboxylic acids is 2. The number of aromatic nitrogens is 2. The summed E-state index contributed by atoms with van der Waals surface area (Å²) in [6, 6.07) is -0.419. The van der Waals surface area contributed by atoms with Crippen molar-refractivity contribution in [3.8, 4) is 0 Å². The quantitative estimate of drug-likeness (QED) is 0.467. The summed E-state index contributed by atoms with van der Waals surface area (Å²) < 4.78 is 0. The first-order chi connectivity index (χ1) is 13.3. The molecule has 0 radical (unpaired) electrons. The van der Waals surface area contributed by atoms with Crippen LogP contribution in [0.5, 0.6) is 0 Å². The van der Waals surface area contributed by atoms with Gasteiger partial charge in [-0.15, -0.1) is 0 Å². The minimum absolute atomic E-state index is 0.110. The first kappa shape index (κ1) is 23.6. The molecule has 0 aromatic carbocycles. The van der Waals surface area contributed by atoms with Crippen LogP contribution in [0.3, 0.4) is 0 Å². The minimum Gasteiger partial charge on any atom is -0.483 e. The van der Waals surface area contributed by atoms with E-state index in [0.717, 1.165) is 6.54 Å². The third kappa shape index (κ3) is 7.28. The van der Waals surface area contributed by atoms with E-state index in [9.17, 15) is 14.7 Å². The number of aromatic amines is 1. The van der Waals surface area contributed by atoms with E-state index in [1.165, 1.54) is 12.4 Å². The Balaban J connectivity index is 0.00000122. The summed E-state index contributed by atoms with van der Waals surface area (Å²) in [4.78, 5) is 37.3. The van der Waals surface area contributed by atoms with E-state index in [1.54, 1.807) is 0 Å². The summed E-state index contributed by atoms with van der Waals surface area (Å²) in [5, 5.41) is 26.3. The molecule has 1 aliphatic rings. The predicted octanol–water partition coefficient (Wildman–Crippen LogP) is -0.220. The molecule has 1 aromatic rings. The van der Waals surface area contributed by atoms with Crippen molar-refractivity contribution in [1.82, 2.24) is 25.3 Å². The average molecular weight is 397 g/mol. The number of rotatable bonds is 7. The molecular formula is C18H31N5O5. The first-order valence-corrected chi connectivity index (χ1v) is 9.33. The van der Waals surface area contributed by atoms with Crippen LogP contribution >= 0.6 is 0 Å². The zero-order chi connectivity index (χ0) is 21.1. The summed E-state index contributed by atoms with van der Waals surface area (Å²) in [7, 11) is 3.97. The van der Waals surface area contributed by atoms with Gasteiger partial charge in [0.1, 0.15) is 0 Å². The SMILES string of the molecule is CCN(CCN(C)C)C(=O)[C@H]1CC[C@@H](O)[C@H](NC(=O)c2cn[nH]c2)C1.O=CO. The van der Waals surface area contributed by atoms with Crippen molar-refractivity contribution in [2.24, 2.45) is 5.92 Å². The third-order valence-corrected chi connectivity index (χ3v) is 4.75. The third-order valence-electron chi connectivity index (χ3n) is 4.75. The molecule has 3 atom stereocenters. The van der Waals surface area contributed by atoms with Crippen LogP contribution in [-0.2, 0) is 9.59 Å². The number of amides is 2. The van der Waals surface area contributed by atoms with Crippen LogP contribution in [0.15, 0.2) is 12.4 Å². The normalized spacial score (nSPS) is 21.4. The van der Waals surface area contributed by atoms with Crippen LogP contribution in [0.1, 0.15) is 36.5 Å². The Morgan fingerprint density at radius 3 is 2.57 bits per heavy atom. The highest BCUT2D eigenvalue weighted by Crippen LogP contribution is 2.27. The molecule has 0 bridgehead atoms. The molecule has 1 aliphatic carbocycles. The topological polar surface area (TPSA) is 139 Å². The van der Waals surface area contributed by atoms with Crippen molar-refractivity contribution in [1.29, 1.82) is 0 Å². The van der Waals surface area contributed by atoms with Gasteiger partial charge in [-0.1, -0.05) is 0 Å². The molecule has 158 valence electrons. The molecule has 2 amide bonds. The van der Waals surface area contributed by atoms with Crippen molar-refractivity contribution in [2.75, 3.05) is 33.7 Å². The van der Waals surface area contributed by atoms with Crippen LogP contribution in [-0.4, -0.2) is 94.4 Å². The number of nitrogens with zero attached hydrogens (tertiary/aromatic N) is 3. The highest BCUT2D eigenvalue weighted by Gasteiger charge is 2.35. The summed E-state index contributed by atoms with van der Waals surface area (Å²) in [5.74, 6) is -0.343. The highest BCUT2D eigenvalue weighted by molar-refractivity contribution is 5.93. The number of aliphatic hydroxyl groups is 1. The van der Waals surface area contributed by atoms with Crippen LogP contribution < -0.4 is 5.32 Å². The number of H-pyrrole nitrogens is 1. The maximum Gasteiger partial charge on any atom is 0.290 e. The maximum absolute atomic E-state index is 12.8. The van der Waals surface area contributed by atoms with Crippen LogP contribution in [0.25, 0.3) is 0 Å². The van der Waals surface area contributed by atoms with Gasteiger partial charge in [-0.25, -0.2) is 0 Å². The Bertz CT molecular complexity index is 608. The molecule has 0 unspecified atom stereocenters. The van der Waals surface area contributed by atoms with Crippen LogP contribution in [0.4, 0.5) is 0 Å². The van der Waals surface area contributed by atoms with Gasteiger partial charge in [0.05, 0.1) is 23.9 Å². The second-order valence-electron chi connectivity index (χ2n) is 6.97. The fourth-order valence-corrected chi connectivity index (χ4v) is 3.16. The lowest BCUT2D eigenvalue weighted by atomic mass is 9.82. The second kappa shape index (κ2) is 12.1. The zero-order valence-electron chi connectivity index (χ0n) is 16.7. The molecule has 10 nitrogen and oxygen atoms in total. The molecule has 4 N–H and O–H groups in total. The van der Waals surface area contributed by atoms with Crippen molar-refractivity contribution >= 4 is 18.3 Å². The molecule has 1 fully saturated rings. The van der Waals surface area contributed by atoms with Gasteiger partial charge in [-0.3, -0.25) is 19.5 Å². The Labute approximate surface area is 164 Å². The van der Waals surface area contributed by atoms with E-state index >= 15 is 0 Å². The van der Waals surface area contributed by atoms with E-state index in [2.05, 4.69) is 20.4 Å². The molecule has 28 heavy (non-hydrogen) atoms. The Morgan fingerprint density at radius 2 is 2.04 bits per heavy atom. The Kier molecular flexibility index (Phi) is 10.2. The number of nitrogens with one attached hydrogen (secondary N) is 2. The number of carbonyl (C=O) groups is 3. The van der Waals surface area contributed by atoms with Crippen molar-refractivity contribution in [3.63, 3.8) is 0 Å². The minimum atomic E-state index is -0.628. The van der Waals surface area contributed by atoms with Gasteiger partial charge < -0.3 is 25.3 Å².